The first kappa shape index (κ1) is 20.5. The Morgan fingerprint density at radius 3 is 0.833 bits per heavy atom. The zero-order chi connectivity index (χ0) is 15.2. The van der Waals surface area contributed by atoms with E-state index in [1.54, 1.807) is 0 Å². The molecule has 0 rings (SSSR count). The maximum atomic E-state index is 7.00. The maximum Gasteiger partial charge on any atom is 0.136 e. The van der Waals surface area contributed by atoms with E-state index in [4.69, 9.17) is 44.3 Å². The van der Waals surface area contributed by atoms with E-state index >= 15 is 0 Å². The lowest BCUT2D eigenvalue weighted by Crippen LogP contribution is -2.86. The number of halogens is 4. The number of hydrogen-bond acceptors (Lipinski definition) is 0. The molecular formula is C8H24Cl4Si6. The molecule has 0 unspecified atom stereocenters. The fraction of sp³-hybridized carbons (Fsp3) is 1.00. The van der Waals surface area contributed by atoms with Crippen molar-refractivity contribution in [2.45, 2.75) is 52.4 Å². The van der Waals surface area contributed by atoms with Crippen molar-refractivity contribution < 1.29 is 0 Å². The lowest BCUT2D eigenvalue weighted by Gasteiger charge is -2.53. The fourth-order valence-corrected chi connectivity index (χ4v) is 195. The van der Waals surface area contributed by atoms with Crippen LogP contribution in [0.25, 0.3) is 0 Å². The van der Waals surface area contributed by atoms with Crippen molar-refractivity contribution >= 4 is 86.6 Å². The first-order chi connectivity index (χ1) is 7.46. The summed E-state index contributed by atoms with van der Waals surface area (Å²) in [6.07, 6.45) is -1.87. The van der Waals surface area contributed by atoms with Gasteiger partial charge < -0.3 is 0 Å². The molecule has 0 atom stereocenters. The Labute approximate surface area is 138 Å². The van der Waals surface area contributed by atoms with Gasteiger partial charge in [0.25, 0.3) is 0 Å². The second kappa shape index (κ2) is 5.92. The second-order valence-corrected chi connectivity index (χ2v) is 71.4. The van der Waals surface area contributed by atoms with E-state index in [-0.39, 0.29) is 0 Å². The fourth-order valence-electron chi connectivity index (χ4n) is 3.01. The molecule has 18 heavy (non-hydrogen) atoms. The van der Waals surface area contributed by atoms with Crippen LogP contribution in [0.15, 0.2) is 0 Å². The van der Waals surface area contributed by atoms with Gasteiger partial charge in [-0.25, -0.2) is 0 Å². The van der Waals surface area contributed by atoms with Gasteiger partial charge in [0.2, 0.25) is 0 Å². The largest absolute Gasteiger partial charge is 0.172 e. The quantitative estimate of drug-likeness (QED) is 0.418. The third kappa shape index (κ3) is 4.48. The highest BCUT2D eigenvalue weighted by molar-refractivity contribution is 8.17. The van der Waals surface area contributed by atoms with Gasteiger partial charge in [-0.3, -0.25) is 0 Å². The Morgan fingerprint density at radius 2 is 0.778 bits per heavy atom. The first-order valence-electron chi connectivity index (χ1n) is 6.01. The molecular weight excluding hydrogens is 406 g/mol. The lowest BCUT2D eigenvalue weighted by molar-refractivity contribution is 1.95. The minimum Gasteiger partial charge on any atom is -0.172 e. The van der Waals surface area contributed by atoms with Crippen LogP contribution in [0.5, 0.6) is 0 Å². The molecule has 0 aromatic carbocycles. The SMILES string of the molecule is C[Si](C)(Cl)[Si][Si]([Si](C)(C)Cl)([Si](C)(C)Cl)[Si](C)(C)Cl. The molecule has 0 fully saturated rings. The number of hydrogen-bond donors (Lipinski definition) is 0. The van der Waals surface area contributed by atoms with Crippen LogP contribution in [0.2, 0.25) is 52.4 Å². The Balaban J connectivity index is 6.10. The average Bonchev–Trinajstić information content (AvgIpc) is 1.90. The van der Waals surface area contributed by atoms with Crippen LogP contribution in [0.4, 0.5) is 0 Å². The van der Waals surface area contributed by atoms with Crippen molar-refractivity contribution in [2.24, 2.45) is 0 Å². The molecule has 108 valence electrons. The molecule has 0 heterocycles. The van der Waals surface area contributed by atoms with Gasteiger partial charge >= 0.3 is 0 Å². The summed E-state index contributed by atoms with van der Waals surface area (Å²) < 4.78 is 0. The molecule has 0 aliphatic heterocycles. The molecule has 0 aliphatic rings. The molecule has 2 radical (unpaired) electrons. The summed E-state index contributed by atoms with van der Waals surface area (Å²) in [4.78, 5) is 0. The Bertz CT molecular complexity index is 259. The predicted molar refractivity (Wildman–Crippen MR) is 105 cm³/mol. The average molecular weight is 431 g/mol. The van der Waals surface area contributed by atoms with Crippen molar-refractivity contribution in [3.63, 3.8) is 0 Å². The van der Waals surface area contributed by atoms with Crippen LogP contribution in [-0.2, 0) is 0 Å². The smallest absolute Gasteiger partial charge is 0.136 e. The molecule has 10 heteroatoms. The molecule has 0 saturated heterocycles. The summed E-state index contributed by atoms with van der Waals surface area (Å²) in [5, 5.41) is 0. The highest BCUT2D eigenvalue weighted by atomic mass is 35.6. The standard InChI is InChI=1S/C8H24Cl4Si6/c1-14(2,9)13-18(15(3,4)10,16(5,6)11)17(7,8)12/h1-8H3. The molecule has 0 nitrogen and oxygen atoms in total. The Hall–Kier alpha value is 2.46. The van der Waals surface area contributed by atoms with Gasteiger partial charge in [-0.15, -0.1) is 0 Å². The van der Waals surface area contributed by atoms with Crippen molar-refractivity contribution in [3.8, 4) is 0 Å². The van der Waals surface area contributed by atoms with E-state index in [1.165, 1.54) is 0 Å². The van der Waals surface area contributed by atoms with Gasteiger partial charge in [-0.05, 0) is 0 Å². The molecule has 0 amide bonds. The first-order valence-corrected chi connectivity index (χ1v) is 30.1. The highest BCUT2D eigenvalue weighted by Crippen LogP contribution is 2.42. The summed E-state index contributed by atoms with van der Waals surface area (Å²) in [5.74, 6) is 0. The van der Waals surface area contributed by atoms with Gasteiger partial charge in [-0.2, -0.15) is 44.3 Å². The third-order valence-electron chi connectivity index (χ3n) is 3.16. The highest BCUT2D eigenvalue weighted by Gasteiger charge is 2.68. The topological polar surface area (TPSA) is 0 Å². The molecule has 0 N–H and O–H groups in total. The Morgan fingerprint density at radius 1 is 0.556 bits per heavy atom. The van der Waals surface area contributed by atoms with E-state index in [0.717, 1.165) is 8.55 Å². The van der Waals surface area contributed by atoms with Gasteiger partial charge in [0, 0.05) is 8.55 Å². The third-order valence-corrected chi connectivity index (χ3v) is 121. The summed E-state index contributed by atoms with van der Waals surface area (Å²) >= 11 is 27.7. The van der Waals surface area contributed by atoms with Gasteiger partial charge in [0.1, 0.15) is 27.6 Å². The van der Waals surface area contributed by atoms with Crippen molar-refractivity contribution in [3.05, 3.63) is 0 Å². The van der Waals surface area contributed by atoms with Gasteiger partial charge in [-0.1, -0.05) is 52.4 Å². The van der Waals surface area contributed by atoms with E-state index in [0.29, 0.717) is 0 Å². The van der Waals surface area contributed by atoms with Crippen molar-refractivity contribution in [1.29, 1.82) is 0 Å². The lowest BCUT2D eigenvalue weighted by atomic mass is 11.9. The van der Waals surface area contributed by atoms with E-state index in [2.05, 4.69) is 52.4 Å². The van der Waals surface area contributed by atoms with E-state index in [9.17, 15) is 0 Å². The molecule has 0 saturated carbocycles. The summed E-state index contributed by atoms with van der Waals surface area (Å²) in [6, 6.07) is 0. The van der Waals surface area contributed by atoms with E-state index in [1.807, 2.05) is 0 Å². The Kier molecular flexibility index (Phi) is 6.73. The van der Waals surface area contributed by atoms with Crippen LogP contribution < -0.4 is 0 Å². The van der Waals surface area contributed by atoms with Gasteiger partial charge in [0.15, 0.2) is 0 Å². The summed E-state index contributed by atoms with van der Waals surface area (Å²) in [5.41, 5.74) is 0. The summed E-state index contributed by atoms with van der Waals surface area (Å²) in [7, 11) is 0.790. The molecule has 0 aromatic heterocycles. The van der Waals surface area contributed by atoms with Crippen LogP contribution in [0.1, 0.15) is 0 Å². The predicted octanol–water partition coefficient (Wildman–Crippen LogP) is 5.14. The minimum atomic E-state index is -1.88. The van der Waals surface area contributed by atoms with Crippen LogP contribution in [0, 0.1) is 0 Å². The number of rotatable bonds is 5. The molecule has 0 spiro atoms. The van der Waals surface area contributed by atoms with Crippen LogP contribution >= 0.6 is 44.3 Å². The van der Waals surface area contributed by atoms with Crippen molar-refractivity contribution in [2.75, 3.05) is 0 Å². The minimum absolute atomic E-state index is 0.790. The zero-order valence-electron chi connectivity index (χ0n) is 12.5. The monoisotopic (exact) mass is 428 g/mol. The summed E-state index contributed by atoms with van der Waals surface area (Å²) in [6.45, 7) is 10.7. The second-order valence-electron chi connectivity index (χ2n) is 6.76. The van der Waals surface area contributed by atoms with Crippen molar-refractivity contribution in [1.82, 2.24) is 0 Å². The van der Waals surface area contributed by atoms with E-state index < -0.39 is 33.7 Å². The molecule has 0 aliphatic carbocycles. The van der Waals surface area contributed by atoms with Crippen LogP contribution in [0.3, 0.4) is 0 Å². The van der Waals surface area contributed by atoms with Crippen LogP contribution in [-0.4, -0.2) is 42.3 Å². The zero-order valence-corrected chi connectivity index (χ0v) is 21.5. The van der Waals surface area contributed by atoms with Gasteiger partial charge in [0.05, 0.1) is 6.14 Å². The molecule has 0 bridgehead atoms. The normalized spacial score (nSPS) is 16.0. The maximum absolute atomic E-state index is 7.00. The molecule has 0 aromatic rings.